The largest absolute Gasteiger partial charge is 0.418 e. The van der Waals surface area contributed by atoms with E-state index in [4.69, 9.17) is 15.7 Å². The molecule has 2 aromatic rings. The van der Waals surface area contributed by atoms with Crippen LogP contribution in [0, 0.1) is 0 Å². The number of hydrogen-bond donors (Lipinski definition) is 3. The summed E-state index contributed by atoms with van der Waals surface area (Å²) in [5.74, 6) is 0.506. The minimum absolute atomic E-state index is 0.159. The van der Waals surface area contributed by atoms with Gasteiger partial charge in [-0.25, -0.2) is 4.79 Å². The van der Waals surface area contributed by atoms with Gasteiger partial charge in [0.25, 0.3) is 0 Å². The van der Waals surface area contributed by atoms with E-state index in [2.05, 4.69) is 15.6 Å². The fourth-order valence-electron chi connectivity index (χ4n) is 1.54. The molecule has 0 unspecified atom stereocenters. The molecule has 1 heterocycles. The van der Waals surface area contributed by atoms with Gasteiger partial charge in [0.05, 0.1) is 11.8 Å². The highest BCUT2D eigenvalue weighted by atomic mass is 16.6. The lowest BCUT2D eigenvalue weighted by Gasteiger charge is -2.08. The Morgan fingerprint density at radius 3 is 2.80 bits per heavy atom. The van der Waals surface area contributed by atoms with Gasteiger partial charge in [0.15, 0.2) is 5.84 Å². The van der Waals surface area contributed by atoms with Crippen LogP contribution in [-0.4, -0.2) is 26.9 Å². The van der Waals surface area contributed by atoms with Crippen LogP contribution in [0.4, 0.5) is 10.6 Å². The van der Waals surface area contributed by atoms with Crippen LogP contribution in [0.15, 0.2) is 41.7 Å². The van der Waals surface area contributed by atoms with Crippen molar-refractivity contribution in [3.63, 3.8) is 0 Å². The Balaban J connectivity index is 2.14. The number of nitrogens with zero attached hydrogens (tertiary/aromatic N) is 3. The molecule has 0 atom stereocenters. The van der Waals surface area contributed by atoms with E-state index in [1.807, 2.05) is 6.07 Å². The highest BCUT2D eigenvalue weighted by Crippen LogP contribution is 2.15. The van der Waals surface area contributed by atoms with Crippen molar-refractivity contribution in [2.75, 3.05) is 5.32 Å². The van der Waals surface area contributed by atoms with Gasteiger partial charge in [0, 0.05) is 7.05 Å². The van der Waals surface area contributed by atoms with Crippen molar-refractivity contribution in [2.45, 2.75) is 0 Å². The molecule has 104 valence electrons. The SMILES string of the molecule is Cn1ncc(C(N)=NO)c1NC(=O)Oc1ccccc1. The lowest BCUT2D eigenvalue weighted by molar-refractivity contribution is 0.215. The Labute approximate surface area is 114 Å². The Kier molecular flexibility index (Phi) is 3.85. The van der Waals surface area contributed by atoms with E-state index in [1.165, 1.54) is 10.9 Å². The Bertz CT molecular complexity index is 636. The van der Waals surface area contributed by atoms with Crippen LogP contribution < -0.4 is 15.8 Å². The molecule has 4 N–H and O–H groups in total. The fourth-order valence-corrected chi connectivity index (χ4v) is 1.54. The van der Waals surface area contributed by atoms with Crippen molar-refractivity contribution < 1.29 is 14.7 Å². The van der Waals surface area contributed by atoms with Gasteiger partial charge in [-0.3, -0.25) is 10.00 Å². The second-order valence-electron chi connectivity index (χ2n) is 3.84. The highest BCUT2D eigenvalue weighted by molar-refractivity contribution is 6.03. The summed E-state index contributed by atoms with van der Waals surface area (Å²) in [7, 11) is 1.60. The standard InChI is InChI=1S/C12H13N5O3/c1-17-11(9(7-14-17)10(13)16-19)15-12(18)20-8-5-3-2-4-6-8/h2-7,19H,1H3,(H2,13,16)(H,15,18). The van der Waals surface area contributed by atoms with Gasteiger partial charge in [0.1, 0.15) is 11.6 Å². The number of hydrogen-bond acceptors (Lipinski definition) is 5. The van der Waals surface area contributed by atoms with E-state index >= 15 is 0 Å². The molecule has 0 spiro atoms. The second-order valence-corrected chi connectivity index (χ2v) is 3.84. The van der Waals surface area contributed by atoms with Crippen LogP contribution in [0.2, 0.25) is 0 Å². The number of amides is 1. The van der Waals surface area contributed by atoms with Gasteiger partial charge in [-0.15, -0.1) is 0 Å². The fraction of sp³-hybridized carbons (Fsp3) is 0.0833. The first-order valence-corrected chi connectivity index (χ1v) is 5.65. The van der Waals surface area contributed by atoms with Gasteiger partial charge < -0.3 is 15.7 Å². The van der Waals surface area contributed by atoms with Crippen molar-refractivity contribution in [3.8, 4) is 5.75 Å². The van der Waals surface area contributed by atoms with Crippen molar-refractivity contribution in [1.29, 1.82) is 0 Å². The number of nitrogens with two attached hydrogens (primary N) is 1. The zero-order valence-electron chi connectivity index (χ0n) is 10.6. The normalized spacial score (nSPS) is 11.2. The van der Waals surface area contributed by atoms with E-state index < -0.39 is 6.09 Å². The van der Waals surface area contributed by atoms with E-state index in [-0.39, 0.29) is 11.7 Å². The summed E-state index contributed by atoms with van der Waals surface area (Å²) in [6.07, 6.45) is 0.666. The molecule has 0 aliphatic heterocycles. The second kappa shape index (κ2) is 5.74. The number of para-hydroxylation sites is 1. The van der Waals surface area contributed by atoms with Crippen LogP contribution in [-0.2, 0) is 7.05 Å². The van der Waals surface area contributed by atoms with Crippen molar-refractivity contribution in [3.05, 3.63) is 42.1 Å². The van der Waals surface area contributed by atoms with Crippen LogP contribution in [0.3, 0.4) is 0 Å². The molecule has 0 saturated carbocycles. The van der Waals surface area contributed by atoms with E-state index in [1.54, 1.807) is 31.3 Å². The quantitative estimate of drug-likeness (QED) is 0.336. The topological polar surface area (TPSA) is 115 Å². The van der Waals surface area contributed by atoms with Gasteiger partial charge in [-0.1, -0.05) is 23.4 Å². The minimum atomic E-state index is -0.702. The number of benzene rings is 1. The molecular weight excluding hydrogens is 262 g/mol. The number of rotatable bonds is 3. The van der Waals surface area contributed by atoms with Crippen molar-refractivity contribution in [2.24, 2.45) is 17.9 Å². The highest BCUT2D eigenvalue weighted by Gasteiger charge is 2.16. The number of oxime groups is 1. The number of carbonyl (C=O) groups excluding carboxylic acids is 1. The molecule has 1 aromatic carbocycles. The predicted octanol–water partition coefficient (Wildman–Crippen LogP) is 1.13. The summed E-state index contributed by atoms with van der Waals surface area (Å²) < 4.78 is 6.45. The van der Waals surface area contributed by atoms with Crippen LogP contribution in [0.5, 0.6) is 5.75 Å². The third kappa shape index (κ3) is 2.86. The summed E-state index contributed by atoms with van der Waals surface area (Å²) in [6, 6.07) is 8.59. The third-order valence-electron chi connectivity index (χ3n) is 2.50. The summed E-state index contributed by atoms with van der Waals surface area (Å²) in [6.45, 7) is 0. The summed E-state index contributed by atoms with van der Waals surface area (Å²) >= 11 is 0. The van der Waals surface area contributed by atoms with E-state index in [0.717, 1.165) is 0 Å². The zero-order valence-corrected chi connectivity index (χ0v) is 10.6. The summed E-state index contributed by atoms with van der Waals surface area (Å²) in [5, 5.41) is 18.0. The summed E-state index contributed by atoms with van der Waals surface area (Å²) in [4.78, 5) is 11.8. The number of ether oxygens (including phenoxy) is 1. The van der Waals surface area contributed by atoms with Gasteiger partial charge in [-0.05, 0) is 12.1 Å². The van der Waals surface area contributed by atoms with Crippen molar-refractivity contribution in [1.82, 2.24) is 9.78 Å². The maximum atomic E-state index is 11.8. The number of amidine groups is 1. The third-order valence-corrected chi connectivity index (χ3v) is 2.50. The Hall–Kier alpha value is -3.03. The van der Waals surface area contributed by atoms with Gasteiger partial charge in [0.2, 0.25) is 0 Å². The molecule has 0 aliphatic rings. The van der Waals surface area contributed by atoms with Gasteiger partial charge >= 0.3 is 6.09 Å². The van der Waals surface area contributed by atoms with Gasteiger partial charge in [-0.2, -0.15) is 5.10 Å². The number of anilines is 1. The first-order chi connectivity index (χ1) is 9.61. The average Bonchev–Trinajstić information content (AvgIpc) is 2.80. The molecule has 0 bridgehead atoms. The number of aromatic nitrogens is 2. The summed E-state index contributed by atoms with van der Waals surface area (Å²) in [5.41, 5.74) is 5.78. The zero-order chi connectivity index (χ0) is 14.5. The molecule has 1 aromatic heterocycles. The monoisotopic (exact) mass is 275 g/mol. The molecule has 20 heavy (non-hydrogen) atoms. The lowest BCUT2D eigenvalue weighted by Crippen LogP contribution is -2.22. The Morgan fingerprint density at radius 1 is 1.45 bits per heavy atom. The van der Waals surface area contributed by atoms with E-state index in [9.17, 15) is 4.79 Å². The molecule has 8 heteroatoms. The molecule has 0 radical (unpaired) electrons. The molecule has 8 nitrogen and oxygen atoms in total. The number of aryl methyl sites for hydroxylation is 1. The Morgan fingerprint density at radius 2 is 2.15 bits per heavy atom. The first-order valence-electron chi connectivity index (χ1n) is 5.65. The molecule has 0 aliphatic carbocycles. The molecule has 0 fully saturated rings. The lowest BCUT2D eigenvalue weighted by atomic mass is 10.3. The van der Waals surface area contributed by atoms with Crippen LogP contribution in [0.25, 0.3) is 0 Å². The molecular formula is C12H13N5O3. The smallest absolute Gasteiger partial charge is 0.410 e. The minimum Gasteiger partial charge on any atom is -0.410 e. The molecule has 1 amide bonds. The van der Waals surface area contributed by atoms with Crippen LogP contribution in [0.1, 0.15) is 5.56 Å². The predicted molar refractivity (Wildman–Crippen MR) is 71.8 cm³/mol. The number of carbonyl (C=O) groups is 1. The molecule has 2 rings (SSSR count). The average molecular weight is 275 g/mol. The number of nitrogens with one attached hydrogen (secondary N) is 1. The molecule has 0 saturated heterocycles. The van der Waals surface area contributed by atoms with Crippen molar-refractivity contribution >= 4 is 17.7 Å². The van der Waals surface area contributed by atoms with Crippen LogP contribution >= 0.6 is 0 Å². The first kappa shape index (κ1) is 13.4. The van der Waals surface area contributed by atoms with E-state index in [0.29, 0.717) is 11.3 Å². The maximum absolute atomic E-state index is 11.8. The maximum Gasteiger partial charge on any atom is 0.418 e.